The van der Waals surface area contributed by atoms with Crippen molar-refractivity contribution in [2.75, 3.05) is 13.1 Å². The van der Waals surface area contributed by atoms with Crippen molar-refractivity contribution in [3.63, 3.8) is 0 Å². The van der Waals surface area contributed by atoms with Gasteiger partial charge in [-0.05, 0) is 55.8 Å². The van der Waals surface area contributed by atoms with Gasteiger partial charge in [-0.25, -0.2) is 8.78 Å². The van der Waals surface area contributed by atoms with Crippen molar-refractivity contribution in [2.24, 2.45) is 5.92 Å². The molecule has 0 aliphatic heterocycles. The van der Waals surface area contributed by atoms with Crippen molar-refractivity contribution in [1.82, 2.24) is 5.32 Å². The number of benzene rings is 1. The first-order valence-electron chi connectivity index (χ1n) is 6.47. The molecule has 0 amide bonds. The molecule has 1 unspecified atom stereocenters. The van der Waals surface area contributed by atoms with E-state index in [1.807, 2.05) is 0 Å². The zero-order valence-corrected chi connectivity index (χ0v) is 10.3. The van der Waals surface area contributed by atoms with Gasteiger partial charge in [-0.2, -0.15) is 0 Å². The monoisotopic (exact) mass is 255 g/mol. The lowest BCUT2D eigenvalue weighted by Gasteiger charge is -2.11. The molecule has 1 aromatic rings. The van der Waals surface area contributed by atoms with Gasteiger partial charge >= 0.3 is 0 Å². The highest BCUT2D eigenvalue weighted by molar-refractivity contribution is 5.18. The number of rotatable bonds is 7. The van der Waals surface area contributed by atoms with Crippen molar-refractivity contribution in [2.45, 2.75) is 31.8 Å². The Kier molecular flexibility index (Phi) is 4.66. The van der Waals surface area contributed by atoms with E-state index in [0.717, 1.165) is 18.5 Å². The lowest BCUT2D eigenvalue weighted by atomic mass is 10.1. The second-order valence-corrected chi connectivity index (χ2v) is 5.07. The summed E-state index contributed by atoms with van der Waals surface area (Å²) in [6, 6.07) is 3.48. The molecule has 18 heavy (non-hydrogen) atoms. The number of hydrogen-bond acceptors (Lipinski definition) is 2. The Labute approximate surface area is 106 Å². The van der Waals surface area contributed by atoms with E-state index >= 15 is 0 Å². The molecule has 2 N–H and O–H groups in total. The molecule has 1 fully saturated rings. The Morgan fingerprint density at radius 3 is 2.50 bits per heavy atom. The molecule has 0 spiro atoms. The fraction of sp³-hybridized carbons (Fsp3) is 0.571. The lowest BCUT2D eigenvalue weighted by molar-refractivity contribution is 0.161. The Bertz CT molecular complexity index is 373. The molecule has 0 saturated heterocycles. The first kappa shape index (κ1) is 13.4. The van der Waals surface area contributed by atoms with E-state index < -0.39 is 17.7 Å². The normalized spacial score (nSPS) is 16.8. The summed E-state index contributed by atoms with van der Waals surface area (Å²) in [4.78, 5) is 0. The Morgan fingerprint density at radius 2 is 1.89 bits per heavy atom. The third-order valence-electron chi connectivity index (χ3n) is 3.20. The zero-order chi connectivity index (χ0) is 13.0. The van der Waals surface area contributed by atoms with Gasteiger partial charge in [-0.1, -0.05) is 0 Å². The van der Waals surface area contributed by atoms with Gasteiger partial charge in [0.05, 0.1) is 6.10 Å². The quantitative estimate of drug-likeness (QED) is 0.783. The van der Waals surface area contributed by atoms with E-state index in [1.54, 1.807) is 0 Å². The molecule has 0 radical (unpaired) electrons. The number of halogens is 2. The highest BCUT2D eigenvalue weighted by atomic mass is 19.1. The molecule has 0 bridgehead atoms. The van der Waals surface area contributed by atoms with Gasteiger partial charge in [0.25, 0.3) is 0 Å². The van der Waals surface area contributed by atoms with E-state index in [9.17, 15) is 13.9 Å². The molecule has 4 heteroatoms. The third kappa shape index (κ3) is 4.70. The molecule has 1 aliphatic rings. The van der Waals surface area contributed by atoms with Crippen LogP contribution in [0.25, 0.3) is 0 Å². The molecule has 2 nitrogen and oxygen atoms in total. The second-order valence-electron chi connectivity index (χ2n) is 5.07. The first-order chi connectivity index (χ1) is 8.63. The van der Waals surface area contributed by atoms with Crippen LogP contribution in [0.15, 0.2) is 18.2 Å². The van der Waals surface area contributed by atoms with Crippen molar-refractivity contribution in [3.8, 4) is 0 Å². The van der Waals surface area contributed by atoms with Crippen molar-refractivity contribution < 1.29 is 13.9 Å². The summed E-state index contributed by atoms with van der Waals surface area (Å²) in [5.74, 6) is -0.341. The van der Waals surface area contributed by atoms with Gasteiger partial charge in [0.15, 0.2) is 0 Å². The Morgan fingerprint density at radius 1 is 1.22 bits per heavy atom. The maximum absolute atomic E-state index is 12.9. The number of hydrogen-bond donors (Lipinski definition) is 2. The highest BCUT2D eigenvalue weighted by Gasteiger charge is 2.20. The van der Waals surface area contributed by atoms with Crippen LogP contribution in [0, 0.1) is 17.6 Å². The minimum atomic E-state index is -0.564. The molecule has 100 valence electrons. The number of nitrogens with one attached hydrogen (secondary N) is 1. The molecule has 1 aromatic carbocycles. The Hall–Kier alpha value is -1.00. The maximum atomic E-state index is 12.9. The molecular formula is C14H19F2NO. The fourth-order valence-electron chi connectivity index (χ4n) is 1.97. The summed E-state index contributed by atoms with van der Waals surface area (Å²) in [7, 11) is 0. The minimum absolute atomic E-state index is 0.463. The van der Waals surface area contributed by atoms with Crippen molar-refractivity contribution in [1.29, 1.82) is 0 Å². The molecule has 1 atom stereocenters. The van der Waals surface area contributed by atoms with Crippen LogP contribution in [0.1, 0.15) is 24.8 Å². The molecule has 1 aliphatic carbocycles. The van der Waals surface area contributed by atoms with Gasteiger partial charge in [0.2, 0.25) is 0 Å². The fourth-order valence-corrected chi connectivity index (χ4v) is 1.97. The van der Waals surface area contributed by atoms with Crippen LogP contribution in [0.4, 0.5) is 8.78 Å². The SMILES string of the molecule is OC(CCc1cc(F)cc(F)c1)CNCC1CC1. The molecule has 1 saturated carbocycles. The van der Waals surface area contributed by atoms with Gasteiger partial charge in [-0.15, -0.1) is 0 Å². The van der Waals surface area contributed by atoms with Crippen LogP contribution in [0.5, 0.6) is 0 Å². The average Bonchev–Trinajstić information content (AvgIpc) is 3.09. The van der Waals surface area contributed by atoms with Crippen LogP contribution in [-0.4, -0.2) is 24.3 Å². The number of aryl methyl sites for hydroxylation is 1. The van der Waals surface area contributed by atoms with Crippen LogP contribution in [0.3, 0.4) is 0 Å². The van der Waals surface area contributed by atoms with E-state index in [0.29, 0.717) is 24.9 Å². The minimum Gasteiger partial charge on any atom is -0.392 e. The predicted molar refractivity (Wildman–Crippen MR) is 66.3 cm³/mol. The van der Waals surface area contributed by atoms with Crippen molar-refractivity contribution in [3.05, 3.63) is 35.4 Å². The van der Waals surface area contributed by atoms with Crippen LogP contribution in [-0.2, 0) is 6.42 Å². The summed E-state index contributed by atoms with van der Waals surface area (Å²) in [5.41, 5.74) is 0.591. The zero-order valence-electron chi connectivity index (χ0n) is 10.3. The largest absolute Gasteiger partial charge is 0.392 e. The number of aliphatic hydroxyl groups excluding tert-OH is 1. The third-order valence-corrected chi connectivity index (χ3v) is 3.20. The summed E-state index contributed by atoms with van der Waals surface area (Å²) >= 11 is 0. The van der Waals surface area contributed by atoms with E-state index in [1.165, 1.54) is 25.0 Å². The van der Waals surface area contributed by atoms with Gasteiger partial charge in [-0.3, -0.25) is 0 Å². The molecule has 2 rings (SSSR count). The maximum Gasteiger partial charge on any atom is 0.126 e. The summed E-state index contributed by atoms with van der Waals surface area (Å²) in [6.07, 6.45) is 3.11. The summed E-state index contributed by atoms with van der Waals surface area (Å²) in [5, 5.41) is 12.9. The van der Waals surface area contributed by atoms with Crippen LogP contribution in [0.2, 0.25) is 0 Å². The van der Waals surface area contributed by atoms with Crippen LogP contribution < -0.4 is 5.32 Å². The van der Waals surface area contributed by atoms with E-state index in [-0.39, 0.29) is 0 Å². The molecule has 0 aromatic heterocycles. The first-order valence-corrected chi connectivity index (χ1v) is 6.47. The smallest absolute Gasteiger partial charge is 0.126 e. The summed E-state index contributed by atoms with van der Waals surface area (Å²) < 4.78 is 25.9. The highest BCUT2D eigenvalue weighted by Crippen LogP contribution is 2.27. The average molecular weight is 255 g/mol. The van der Waals surface area contributed by atoms with E-state index in [4.69, 9.17) is 0 Å². The number of aliphatic hydroxyl groups is 1. The Balaban J connectivity index is 1.68. The lowest BCUT2D eigenvalue weighted by Crippen LogP contribution is -2.28. The van der Waals surface area contributed by atoms with Crippen molar-refractivity contribution >= 4 is 0 Å². The van der Waals surface area contributed by atoms with Gasteiger partial charge in [0.1, 0.15) is 11.6 Å². The standard InChI is InChI=1S/C14H19F2NO/c15-12-5-11(6-13(16)7-12)3-4-14(18)9-17-8-10-1-2-10/h5-7,10,14,17-18H,1-4,8-9H2. The van der Waals surface area contributed by atoms with E-state index in [2.05, 4.69) is 5.32 Å². The van der Waals surface area contributed by atoms with Crippen LogP contribution >= 0.6 is 0 Å². The summed E-state index contributed by atoms with van der Waals surface area (Å²) in [6.45, 7) is 1.51. The van der Waals surface area contributed by atoms with Gasteiger partial charge < -0.3 is 10.4 Å². The molecular weight excluding hydrogens is 236 g/mol. The predicted octanol–water partition coefficient (Wildman–Crippen LogP) is 2.26. The second kappa shape index (κ2) is 6.25. The van der Waals surface area contributed by atoms with Gasteiger partial charge in [0, 0.05) is 12.6 Å². The molecule has 0 heterocycles. The topological polar surface area (TPSA) is 32.3 Å².